The van der Waals surface area contributed by atoms with Crippen LogP contribution in [-0.2, 0) is 12.8 Å². The summed E-state index contributed by atoms with van der Waals surface area (Å²) < 4.78 is 0. The van der Waals surface area contributed by atoms with E-state index in [0.717, 1.165) is 41.4 Å². The molecule has 0 aliphatic heterocycles. The van der Waals surface area contributed by atoms with Gasteiger partial charge in [0.05, 0.1) is 11.0 Å². The van der Waals surface area contributed by atoms with Crippen LogP contribution in [0.2, 0.25) is 0 Å². The average Bonchev–Trinajstić information content (AvgIpc) is 3.12. The quantitative estimate of drug-likeness (QED) is 0.523. The molecule has 0 spiro atoms. The van der Waals surface area contributed by atoms with Gasteiger partial charge >= 0.3 is 0 Å². The Labute approximate surface area is 163 Å². The molecule has 0 radical (unpaired) electrons. The van der Waals surface area contributed by atoms with E-state index in [-0.39, 0.29) is 0 Å². The molecule has 2 aromatic carbocycles. The first-order valence-corrected chi connectivity index (χ1v) is 10.5. The molecule has 1 aromatic heterocycles. The molecule has 0 unspecified atom stereocenters. The van der Waals surface area contributed by atoms with Gasteiger partial charge in [0.25, 0.3) is 0 Å². The van der Waals surface area contributed by atoms with E-state index in [1.54, 1.807) is 0 Å². The first-order chi connectivity index (χ1) is 13.2. The second kappa shape index (κ2) is 9.59. The van der Waals surface area contributed by atoms with E-state index in [4.69, 9.17) is 0 Å². The van der Waals surface area contributed by atoms with Gasteiger partial charge in [-0.15, -0.1) is 0 Å². The highest BCUT2D eigenvalue weighted by Crippen LogP contribution is 2.23. The number of hydrogen-bond acceptors (Lipinski definition) is 2. The number of para-hydroxylation sites is 2. The largest absolute Gasteiger partial charge is 0.326 e. The number of rotatable bonds is 4. The Morgan fingerprint density at radius 2 is 1.78 bits per heavy atom. The van der Waals surface area contributed by atoms with Crippen LogP contribution >= 0.6 is 0 Å². The highest BCUT2D eigenvalue weighted by Gasteiger charge is 2.07. The van der Waals surface area contributed by atoms with Crippen LogP contribution in [0.25, 0.3) is 11.0 Å². The van der Waals surface area contributed by atoms with Gasteiger partial charge in [0.1, 0.15) is 0 Å². The zero-order chi connectivity index (χ0) is 19.1. The average molecular weight is 364 g/mol. The smallest absolute Gasteiger partial charge is 0.205 e. The summed E-state index contributed by atoms with van der Waals surface area (Å²) in [5.74, 6) is 1.83. The predicted octanol–water partition coefficient (Wildman–Crippen LogP) is 7.02. The number of benzene rings is 2. The molecule has 0 saturated heterocycles. The Morgan fingerprint density at radius 3 is 2.41 bits per heavy atom. The Balaban J connectivity index is 0.000000253. The number of aromatic nitrogens is 2. The fraction of sp³-hybridized carbons (Fsp3) is 0.458. The molecular formula is C24H33N3. The maximum Gasteiger partial charge on any atom is 0.205 e. The Morgan fingerprint density at radius 1 is 1.00 bits per heavy atom. The lowest BCUT2D eigenvalue weighted by Crippen LogP contribution is -1.99. The number of fused-ring (bicyclic) bond motifs is 1. The van der Waals surface area contributed by atoms with Gasteiger partial charge < -0.3 is 10.3 Å². The first kappa shape index (κ1) is 19.5. The number of aryl methyl sites for hydroxylation is 2. The summed E-state index contributed by atoms with van der Waals surface area (Å²) in [7, 11) is 0. The highest BCUT2D eigenvalue weighted by atomic mass is 15.1. The fourth-order valence-corrected chi connectivity index (χ4v) is 3.73. The fourth-order valence-electron chi connectivity index (χ4n) is 3.73. The molecule has 27 heavy (non-hydrogen) atoms. The van der Waals surface area contributed by atoms with E-state index in [1.807, 2.05) is 24.3 Å². The molecule has 2 N–H and O–H groups in total. The van der Waals surface area contributed by atoms with Crippen LogP contribution in [0.5, 0.6) is 0 Å². The molecule has 0 amide bonds. The Hall–Kier alpha value is -2.29. The van der Waals surface area contributed by atoms with Gasteiger partial charge in [0.15, 0.2) is 0 Å². The van der Waals surface area contributed by atoms with Crippen LogP contribution in [0.15, 0.2) is 42.5 Å². The van der Waals surface area contributed by atoms with E-state index in [1.165, 1.54) is 43.2 Å². The lowest BCUT2D eigenvalue weighted by atomic mass is 9.91. The number of aromatic amines is 1. The lowest BCUT2D eigenvalue weighted by molar-refractivity contribution is 0.385. The summed E-state index contributed by atoms with van der Waals surface area (Å²) in [5, 5.41) is 3.40. The molecule has 144 valence electrons. The first-order valence-electron chi connectivity index (χ1n) is 10.5. The normalized spacial score (nSPS) is 14.6. The molecular weight excluding hydrogens is 330 g/mol. The molecule has 3 heteroatoms. The van der Waals surface area contributed by atoms with Crippen LogP contribution in [-0.4, -0.2) is 9.97 Å². The molecule has 1 saturated carbocycles. The van der Waals surface area contributed by atoms with Crippen molar-refractivity contribution in [1.82, 2.24) is 9.97 Å². The van der Waals surface area contributed by atoms with E-state index < -0.39 is 0 Å². The summed E-state index contributed by atoms with van der Waals surface area (Å²) in [6.07, 6.45) is 9.51. The van der Waals surface area contributed by atoms with Gasteiger partial charge in [0.2, 0.25) is 5.95 Å². The van der Waals surface area contributed by atoms with E-state index in [0.29, 0.717) is 0 Å². The van der Waals surface area contributed by atoms with Crippen molar-refractivity contribution in [3.05, 3.63) is 53.6 Å². The second-order valence-electron chi connectivity index (χ2n) is 7.67. The number of nitrogens with one attached hydrogen (secondary N) is 2. The molecule has 1 heterocycles. The summed E-state index contributed by atoms with van der Waals surface area (Å²) in [6.45, 7) is 6.72. The van der Waals surface area contributed by atoms with E-state index >= 15 is 0 Å². The van der Waals surface area contributed by atoms with Gasteiger partial charge in [-0.25, -0.2) is 4.98 Å². The maximum absolute atomic E-state index is 4.56. The van der Waals surface area contributed by atoms with Crippen LogP contribution < -0.4 is 5.32 Å². The monoisotopic (exact) mass is 363 g/mol. The molecule has 3 aromatic rings. The number of H-pyrrole nitrogens is 1. The number of nitrogens with zero attached hydrogens (tertiary/aromatic N) is 1. The number of anilines is 2. The van der Waals surface area contributed by atoms with Crippen molar-refractivity contribution < 1.29 is 0 Å². The van der Waals surface area contributed by atoms with E-state index in [2.05, 4.69) is 54.3 Å². The van der Waals surface area contributed by atoms with Crippen LogP contribution in [0.3, 0.4) is 0 Å². The molecule has 0 bridgehead atoms. The minimum atomic E-state index is 0.796. The van der Waals surface area contributed by atoms with Gasteiger partial charge in [-0.1, -0.05) is 77.1 Å². The van der Waals surface area contributed by atoms with Crippen molar-refractivity contribution in [3.8, 4) is 0 Å². The number of imidazole rings is 1. The molecule has 0 atom stereocenters. The third-order valence-corrected chi connectivity index (χ3v) is 5.50. The van der Waals surface area contributed by atoms with Crippen LogP contribution in [0.4, 0.5) is 11.6 Å². The summed E-state index contributed by atoms with van der Waals surface area (Å²) >= 11 is 0. The summed E-state index contributed by atoms with van der Waals surface area (Å²) in [6, 6.07) is 14.6. The van der Waals surface area contributed by atoms with Crippen molar-refractivity contribution in [2.24, 2.45) is 5.92 Å². The van der Waals surface area contributed by atoms with Gasteiger partial charge in [0, 0.05) is 5.69 Å². The van der Waals surface area contributed by atoms with Crippen LogP contribution in [0.1, 0.15) is 64.0 Å². The Bertz CT molecular complexity index is 811. The molecule has 1 fully saturated rings. The topological polar surface area (TPSA) is 40.7 Å². The summed E-state index contributed by atoms with van der Waals surface area (Å²) in [4.78, 5) is 7.86. The molecule has 1 aliphatic rings. The Kier molecular flexibility index (Phi) is 6.92. The lowest BCUT2D eigenvalue weighted by Gasteiger charge is -2.15. The van der Waals surface area contributed by atoms with Gasteiger partial charge in [-0.05, 0) is 48.1 Å². The van der Waals surface area contributed by atoms with Crippen molar-refractivity contribution in [2.45, 2.75) is 65.7 Å². The zero-order valence-corrected chi connectivity index (χ0v) is 17.0. The van der Waals surface area contributed by atoms with Crippen molar-refractivity contribution in [2.75, 3.05) is 5.32 Å². The third kappa shape index (κ3) is 5.35. The van der Waals surface area contributed by atoms with Crippen molar-refractivity contribution in [3.63, 3.8) is 0 Å². The van der Waals surface area contributed by atoms with Gasteiger partial charge in [-0.3, -0.25) is 0 Å². The third-order valence-electron chi connectivity index (χ3n) is 5.50. The van der Waals surface area contributed by atoms with Crippen molar-refractivity contribution >= 4 is 22.7 Å². The second-order valence-corrected chi connectivity index (χ2v) is 7.67. The SMILES string of the molecule is CC1CCCCC1.CCc1ccc(Nc2nc3ccccc3[nH]2)c(CC)c1. The minimum Gasteiger partial charge on any atom is -0.326 e. The van der Waals surface area contributed by atoms with Crippen molar-refractivity contribution in [1.29, 1.82) is 0 Å². The number of hydrogen-bond donors (Lipinski definition) is 2. The molecule has 4 rings (SSSR count). The minimum absolute atomic E-state index is 0.796. The predicted molar refractivity (Wildman–Crippen MR) is 117 cm³/mol. The van der Waals surface area contributed by atoms with Gasteiger partial charge in [-0.2, -0.15) is 0 Å². The maximum atomic E-state index is 4.56. The van der Waals surface area contributed by atoms with E-state index in [9.17, 15) is 0 Å². The zero-order valence-electron chi connectivity index (χ0n) is 17.0. The molecule has 1 aliphatic carbocycles. The molecule has 3 nitrogen and oxygen atoms in total. The summed E-state index contributed by atoms with van der Waals surface area (Å²) in [5.41, 5.74) is 5.86. The highest BCUT2D eigenvalue weighted by molar-refractivity contribution is 5.78. The standard InChI is InChI=1S/C17H19N3.C7H14/c1-3-12-9-10-14(13(4-2)11-12)18-17-19-15-7-5-6-8-16(15)20-17;1-7-5-3-2-4-6-7/h5-11H,3-4H2,1-2H3,(H2,18,19,20);7H,2-6H2,1H3. The van der Waals surface area contributed by atoms with Crippen LogP contribution in [0, 0.1) is 5.92 Å².